The molecular formula is C17H27FN2. The molecule has 0 spiro atoms. The van der Waals surface area contributed by atoms with Crippen LogP contribution in [0.2, 0.25) is 0 Å². The number of anilines is 1. The zero-order valence-corrected chi connectivity index (χ0v) is 13.0. The van der Waals surface area contributed by atoms with Gasteiger partial charge in [-0.25, -0.2) is 4.39 Å². The Morgan fingerprint density at radius 1 is 1.25 bits per heavy atom. The van der Waals surface area contributed by atoms with Gasteiger partial charge in [0, 0.05) is 19.1 Å². The lowest BCUT2D eigenvalue weighted by Crippen LogP contribution is -2.40. The van der Waals surface area contributed by atoms with Crippen LogP contribution in [-0.2, 0) is 0 Å². The molecule has 1 heterocycles. The second-order valence-corrected chi connectivity index (χ2v) is 6.16. The Balaban J connectivity index is 2.23. The molecular weight excluding hydrogens is 251 g/mol. The minimum atomic E-state index is -0.139. The van der Waals surface area contributed by atoms with Crippen molar-refractivity contribution in [3.63, 3.8) is 0 Å². The lowest BCUT2D eigenvalue weighted by molar-refractivity contribution is 0.199. The normalized spacial score (nSPS) is 19.9. The van der Waals surface area contributed by atoms with Crippen molar-refractivity contribution in [2.75, 3.05) is 18.0 Å². The standard InChI is InChI=1S/C17H27FN2/c1-4-17(5-2)9-11-20(12-10-17)16-14(13(3)19)7-6-8-15(16)18/h6-8,13H,4-5,9-12,19H2,1-3H3/t13-/m1/s1. The van der Waals surface area contributed by atoms with Crippen LogP contribution in [0.3, 0.4) is 0 Å². The summed E-state index contributed by atoms with van der Waals surface area (Å²) in [6, 6.07) is 5.11. The lowest BCUT2D eigenvalue weighted by Gasteiger charge is -2.42. The van der Waals surface area contributed by atoms with Gasteiger partial charge < -0.3 is 10.6 Å². The van der Waals surface area contributed by atoms with E-state index in [1.54, 1.807) is 12.1 Å². The molecule has 1 aromatic carbocycles. The average Bonchev–Trinajstić information content (AvgIpc) is 2.47. The highest BCUT2D eigenvalue weighted by molar-refractivity contribution is 5.56. The fraction of sp³-hybridized carbons (Fsp3) is 0.647. The Morgan fingerprint density at radius 2 is 1.85 bits per heavy atom. The fourth-order valence-corrected chi connectivity index (χ4v) is 3.39. The summed E-state index contributed by atoms with van der Waals surface area (Å²) in [6.45, 7) is 8.33. The van der Waals surface area contributed by atoms with Gasteiger partial charge in [0.1, 0.15) is 5.82 Å². The van der Waals surface area contributed by atoms with E-state index in [1.807, 2.05) is 13.0 Å². The Morgan fingerprint density at radius 3 is 2.35 bits per heavy atom. The highest BCUT2D eigenvalue weighted by atomic mass is 19.1. The van der Waals surface area contributed by atoms with Crippen LogP contribution in [0, 0.1) is 11.2 Å². The molecule has 0 aliphatic carbocycles. The SMILES string of the molecule is CCC1(CC)CCN(c2c(F)cccc2[C@@H](C)N)CC1. The Kier molecular flexibility index (Phi) is 4.69. The summed E-state index contributed by atoms with van der Waals surface area (Å²) < 4.78 is 14.3. The molecule has 2 N–H and O–H groups in total. The number of rotatable bonds is 4. The summed E-state index contributed by atoms with van der Waals surface area (Å²) in [6.07, 6.45) is 4.73. The van der Waals surface area contributed by atoms with Crippen molar-refractivity contribution < 1.29 is 4.39 Å². The molecule has 2 rings (SSSR count). The molecule has 1 aliphatic heterocycles. The van der Waals surface area contributed by atoms with Gasteiger partial charge in [0.15, 0.2) is 0 Å². The number of nitrogens with two attached hydrogens (primary N) is 1. The van der Waals surface area contributed by atoms with E-state index in [0.717, 1.165) is 37.2 Å². The number of halogens is 1. The molecule has 3 heteroatoms. The van der Waals surface area contributed by atoms with Crippen molar-refractivity contribution >= 4 is 5.69 Å². The Labute approximate surface area is 122 Å². The maximum atomic E-state index is 14.3. The molecule has 2 nitrogen and oxygen atoms in total. The van der Waals surface area contributed by atoms with Crippen LogP contribution in [0.4, 0.5) is 10.1 Å². The van der Waals surface area contributed by atoms with Crippen LogP contribution in [0.25, 0.3) is 0 Å². The molecule has 1 aromatic rings. The molecule has 0 saturated carbocycles. The van der Waals surface area contributed by atoms with Crippen LogP contribution in [-0.4, -0.2) is 13.1 Å². The predicted octanol–water partition coefficient (Wildman–Crippen LogP) is 4.25. The fourth-order valence-electron chi connectivity index (χ4n) is 3.39. The summed E-state index contributed by atoms with van der Waals surface area (Å²) in [5, 5.41) is 0. The molecule has 0 unspecified atom stereocenters. The van der Waals surface area contributed by atoms with Crippen LogP contribution < -0.4 is 10.6 Å². The van der Waals surface area contributed by atoms with E-state index in [0.29, 0.717) is 5.41 Å². The third-order valence-electron chi connectivity index (χ3n) is 5.15. The van der Waals surface area contributed by atoms with Crippen LogP contribution >= 0.6 is 0 Å². The van der Waals surface area contributed by atoms with E-state index in [2.05, 4.69) is 18.7 Å². The first-order valence-corrected chi connectivity index (χ1v) is 7.82. The molecule has 1 fully saturated rings. The molecule has 1 atom stereocenters. The smallest absolute Gasteiger partial charge is 0.146 e. The summed E-state index contributed by atoms with van der Waals surface area (Å²) in [5.74, 6) is -0.139. The van der Waals surface area contributed by atoms with Crippen molar-refractivity contribution in [1.29, 1.82) is 0 Å². The number of hydrogen-bond acceptors (Lipinski definition) is 2. The third kappa shape index (κ3) is 2.83. The molecule has 0 amide bonds. The van der Waals surface area contributed by atoms with Crippen molar-refractivity contribution in [3.8, 4) is 0 Å². The Bertz CT molecular complexity index is 442. The number of nitrogens with zero attached hydrogens (tertiary/aromatic N) is 1. The highest BCUT2D eigenvalue weighted by Gasteiger charge is 2.32. The molecule has 20 heavy (non-hydrogen) atoms. The van der Waals surface area contributed by atoms with Gasteiger partial charge in [-0.1, -0.05) is 38.8 Å². The van der Waals surface area contributed by atoms with Gasteiger partial charge in [-0.2, -0.15) is 0 Å². The monoisotopic (exact) mass is 278 g/mol. The van der Waals surface area contributed by atoms with E-state index in [9.17, 15) is 4.39 Å². The molecule has 1 saturated heterocycles. The maximum absolute atomic E-state index is 14.3. The summed E-state index contributed by atoms with van der Waals surface area (Å²) in [5.41, 5.74) is 8.10. The van der Waals surface area contributed by atoms with E-state index < -0.39 is 0 Å². The summed E-state index contributed by atoms with van der Waals surface area (Å²) in [4.78, 5) is 2.19. The minimum absolute atomic E-state index is 0.135. The topological polar surface area (TPSA) is 29.3 Å². The maximum Gasteiger partial charge on any atom is 0.146 e. The highest BCUT2D eigenvalue weighted by Crippen LogP contribution is 2.40. The second kappa shape index (κ2) is 6.13. The van der Waals surface area contributed by atoms with Gasteiger partial charge in [-0.15, -0.1) is 0 Å². The first-order valence-electron chi connectivity index (χ1n) is 7.82. The quantitative estimate of drug-likeness (QED) is 0.892. The predicted molar refractivity (Wildman–Crippen MR) is 83.5 cm³/mol. The van der Waals surface area contributed by atoms with Gasteiger partial charge >= 0.3 is 0 Å². The van der Waals surface area contributed by atoms with E-state index in [1.165, 1.54) is 12.8 Å². The van der Waals surface area contributed by atoms with Gasteiger partial charge in [-0.05, 0) is 36.8 Å². The second-order valence-electron chi connectivity index (χ2n) is 6.16. The van der Waals surface area contributed by atoms with Gasteiger partial charge in [0.05, 0.1) is 5.69 Å². The van der Waals surface area contributed by atoms with Crippen molar-refractivity contribution in [2.45, 2.75) is 52.5 Å². The molecule has 1 aliphatic rings. The van der Waals surface area contributed by atoms with Gasteiger partial charge in [-0.3, -0.25) is 0 Å². The number of para-hydroxylation sites is 1. The van der Waals surface area contributed by atoms with E-state index in [4.69, 9.17) is 5.73 Å². The van der Waals surface area contributed by atoms with Crippen molar-refractivity contribution in [3.05, 3.63) is 29.6 Å². The van der Waals surface area contributed by atoms with Crippen molar-refractivity contribution in [1.82, 2.24) is 0 Å². The summed E-state index contributed by atoms with van der Waals surface area (Å²) >= 11 is 0. The van der Waals surface area contributed by atoms with E-state index in [-0.39, 0.29) is 11.9 Å². The third-order valence-corrected chi connectivity index (χ3v) is 5.15. The molecule has 0 aromatic heterocycles. The summed E-state index contributed by atoms with van der Waals surface area (Å²) in [7, 11) is 0. The Hall–Kier alpha value is -1.09. The first-order chi connectivity index (χ1) is 9.53. The molecule has 112 valence electrons. The first kappa shape index (κ1) is 15.3. The lowest BCUT2D eigenvalue weighted by atomic mass is 9.74. The zero-order valence-electron chi connectivity index (χ0n) is 13.0. The largest absolute Gasteiger partial charge is 0.369 e. The number of benzene rings is 1. The average molecular weight is 278 g/mol. The van der Waals surface area contributed by atoms with E-state index >= 15 is 0 Å². The number of hydrogen-bond donors (Lipinski definition) is 1. The van der Waals surface area contributed by atoms with Gasteiger partial charge in [0.2, 0.25) is 0 Å². The zero-order chi connectivity index (χ0) is 14.8. The van der Waals surface area contributed by atoms with Crippen LogP contribution in [0.15, 0.2) is 18.2 Å². The van der Waals surface area contributed by atoms with Crippen LogP contribution in [0.1, 0.15) is 58.1 Å². The van der Waals surface area contributed by atoms with Gasteiger partial charge in [0.25, 0.3) is 0 Å². The minimum Gasteiger partial charge on any atom is -0.369 e. The molecule has 0 bridgehead atoms. The van der Waals surface area contributed by atoms with Crippen LogP contribution in [0.5, 0.6) is 0 Å². The number of piperidine rings is 1. The molecule has 0 radical (unpaired) electrons. The van der Waals surface area contributed by atoms with Crippen molar-refractivity contribution in [2.24, 2.45) is 11.1 Å².